The van der Waals surface area contributed by atoms with Crippen molar-refractivity contribution in [3.8, 4) is 33.5 Å². The van der Waals surface area contributed by atoms with Crippen molar-refractivity contribution in [3.05, 3.63) is 78.5 Å². The molecule has 0 atom stereocenters. The normalized spacial score (nSPS) is 11.4. The molecule has 0 aliphatic heterocycles. The van der Waals surface area contributed by atoms with Crippen molar-refractivity contribution >= 4 is 16.2 Å². The Kier molecular flexibility index (Phi) is 6.31. The number of carbonyl (C=O) groups excluding carboxylic acids is 1. The molecule has 4 aromatic rings. The van der Waals surface area contributed by atoms with Crippen LogP contribution < -0.4 is 5.73 Å². The number of halogens is 3. The molecule has 2 N–H and O–H groups in total. The van der Waals surface area contributed by atoms with Gasteiger partial charge in [-0.25, -0.2) is 18.0 Å². The third-order valence-electron chi connectivity index (χ3n) is 5.12. The molecule has 1 amide bonds. The fourth-order valence-corrected chi connectivity index (χ4v) is 4.43. The molecule has 2 aromatic carbocycles. The van der Waals surface area contributed by atoms with E-state index < -0.39 is 55.2 Å². The second kappa shape index (κ2) is 9.22. The molecule has 2 heterocycles. The molecule has 0 bridgehead atoms. The number of amides is 1. The SMILES string of the molecule is CCn1cc(-c2ccncc2)c(-c2c(F)ccc(-c3cccc(S(=O)(=O)OC(N)=O)c3F)c2F)n1. The highest BCUT2D eigenvalue weighted by molar-refractivity contribution is 7.87. The Bertz CT molecular complexity index is 1540. The summed E-state index contributed by atoms with van der Waals surface area (Å²) in [6.45, 7) is 2.21. The summed E-state index contributed by atoms with van der Waals surface area (Å²) in [6, 6.07) is 8.24. The van der Waals surface area contributed by atoms with Crippen LogP contribution in [0.3, 0.4) is 0 Å². The highest BCUT2D eigenvalue weighted by atomic mass is 32.2. The molecule has 0 saturated carbocycles. The molecule has 0 aliphatic rings. The van der Waals surface area contributed by atoms with Gasteiger partial charge >= 0.3 is 16.2 Å². The molecule has 0 fully saturated rings. The summed E-state index contributed by atoms with van der Waals surface area (Å²) in [5.41, 5.74) is 4.26. The van der Waals surface area contributed by atoms with E-state index in [1.54, 1.807) is 25.3 Å². The van der Waals surface area contributed by atoms with Crippen LogP contribution in [0.1, 0.15) is 6.92 Å². The molecule has 0 radical (unpaired) electrons. The van der Waals surface area contributed by atoms with Crippen LogP contribution in [0.15, 0.2) is 66.0 Å². The van der Waals surface area contributed by atoms with Crippen molar-refractivity contribution in [2.75, 3.05) is 0 Å². The molecule has 8 nitrogen and oxygen atoms in total. The van der Waals surface area contributed by atoms with Gasteiger partial charge in [0, 0.05) is 41.8 Å². The average molecular weight is 502 g/mol. The first kappa shape index (κ1) is 24.0. The standard InChI is InChI=1S/C23H17F3N4O4S/c1-2-30-12-16(13-8-10-28-11-9-13)22(29-30)19-17(24)7-6-15(21(19)26)14-4-3-5-18(20(14)25)35(32,33)34-23(27)31/h3-12H,2H2,1H3,(H2,27,31). The van der Waals surface area contributed by atoms with Crippen LogP contribution in [-0.4, -0.2) is 29.3 Å². The highest BCUT2D eigenvalue weighted by Gasteiger charge is 2.28. The van der Waals surface area contributed by atoms with Gasteiger partial charge in [0.2, 0.25) is 0 Å². The molecule has 180 valence electrons. The number of pyridine rings is 1. The number of primary amides is 1. The first-order valence-electron chi connectivity index (χ1n) is 10.1. The van der Waals surface area contributed by atoms with E-state index in [4.69, 9.17) is 5.73 Å². The summed E-state index contributed by atoms with van der Waals surface area (Å²) in [5, 5.41) is 4.30. The van der Waals surface area contributed by atoms with E-state index in [0.29, 0.717) is 17.7 Å². The van der Waals surface area contributed by atoms with Crippen molar-refractivity contribution in [1.29, 1.82) is 0 Å². The maximum atomic E-state index is 15.8. The highest BCUT2D eigenvalue weighted by Crippen LogP contribution is 2.39. The lowest BCUT2D eigenvalue weighted by Crippen LogP contribution is -2.19. The Morgan fingerprint density at radius 1 is 1.00 bits per heavy atom. The molecule has 4 rings (SSSR count). The lowest BCUT2D eigenvalue weighted by molar-refractivity contribution is 0.212. The minimum atomic E-state index is -4.91. The zero-order chi connectivity index (χ0) is 25.3. The van der Waals surface area contributed by atoms with Gasteiger partial charge in [0.1, 0.15) is 22.2 Å². The summed E-state index contributed by atoms with van der Waals surface area (Å²) in [5.74, 6) is -3.52. The molecular formula is C23H17F3N4O4S. The third-order valence-corrected chi connectivity index (χ3v) is 6.36. The van der Waals surface area contributed by atoms with Crippen molar-refractivity contribution in [2.24, 2.45) is 5.73 Å². The van der Waals surface area contributed by atoms with Gasteiger partial charge in [-0.05, 0) is 42.8 Å². The zero-order valence-electron chi connectivity index (χ0n) is 18.1. The number of hydrogen-bond donors (Lipinski definition) is 1. The molecule has 0 aliphatic carbocycles. The number of aromatic nitrogens is 3. The minimum absolute atomic E-state index is 0.0313. The number of aryl methyl sites for hydroxylation is 1. The number of nitrogens with two attached hydrogens (primary N) is 1. The van der Waals surface area contributed by atoms with Crippen LogP contribution in [-0.2, 0) is 20.8 Å². The van der Waals surface area contributed by atoms with E-state index in [9.17, 15) is 17.6 Å². The van der Waals surface area contributed by atoms with Gasteiger partial charge in [0.15, 0.2) is 5.82 Å². The maximum Gasteiger partial charge on any atom is 0.420 e. The van der Waals surface area contributed by atoms with Crippen molar-refractivity contribution in [3.63, 3.8) is 0 Å². The van der Waals surface area contributed by atoms with Gasteiger partial charge in [-0.3, -0.25) is 9.67 Å². The van der Waals surface area contributed by atoms with E-state index in [0.717, 1.165) is 30.3 Å². The second-order valence-corrected chi connectivity index (χ2v) is 8.76. The Hall–Kier alpha value is -4.19. The lowest BCUT2D eigenvalue weighted by Gasteiger charge is -2.12. The monoisotopic (exact) mass is 502 g/mol. The van der Waals surface area contributed by atoms with Crippen molar-refractivity contribution in [2.45, 2.75) is 18.4 Å². The Labute approximate surface area is 197 Å². The van der Waals surface area contributed by atoms with E-state index in [1.165, 1.54) is 17.1 Å². The summed E-state index contributed by atoms with van der Waals surface area (Å²) >= 11 is 0. The van der Waals surface area contributed by atoms with Crippen LogP contribution in [0, 0.1) is 17.5 Å². The van der Waals surface area contributed by atoms with Gasteiger partial charge in [0.05, 0.1) is 5.56 Å². The summed E-state index contributed by atoms with van der Waals surface area (Å²) < 4.78 is 75.9. The molecule has 2 aromatic heterocycles. The quantitative estimate of drug-likeness (QED) is 0.388. The smallest absolute Gasteiger partial charge is 0.334 e. The molecule has 12 heteroatoms. The largest absolute Gasteiger partial charge is 0.420 e. The maximum absolute atomic E-state index is 15.8. The van der Waals surface area contributed by atoms with Crippen LogP contribution in [0.5, 0.6) is 0 Å². The summed E-state index contributed by atoms with van der Waals surface area (Å²) in [7, 11) is -4.91. The fourth-order valence-electron chi connectivity index (χ4n) is 3.55. The molecule has 0 spiro atoms. The van der Waals surface area contributed by atoms with Gasteiger partial charge in [-0.1, -0.05) is 12.1 Å². The Morgan fingerprint density at radius 2 is 1.69 bits per heavy atom. The molecule has 0 saturated heterocycles. The predicted molar refractivity (Wildman–Crippen MR) is 120 cm³/mol. The Balaban J connectivity index is 1.93. The second-order valence-electron chi connectivity index (χ2n) is 7.24. The minimum Gasteiger partial charge on any atom is -0.334 e. The van der Waals surface area contributed by atoms with Crippen LogP contribution >= 0.6 is 0 Å². The number of rotatable bonds is 6. The van der Waals surface area contributed by atoms with Crippen molar-refractivity contribution in [1.82, 2.24) is 14.8 Å². The predicted octanol–water partition coefficient (Wildman–Crippen LogP) is 4.50. The average Bonchev–Trinajstić information content (AvgIpc) is 3.23. The third kappa shape index (κ3) is 4.47. The first-order chi connectivity index (χ1) is 16.6. The molecular weight excluding hydrogens is 485 g/mol. The Morgan fingerprint density at radius 3 is 2.34 bits per heavy atom. The van der Waals surface area contributed by atoms with Gasteiger partial charge in [0.25, 0.3) is 0 Å². The number of hydrogen-bond acceptors (Lipinski definition) is 6. The van der Waals surface area contributed by atoms with Crippen LogP contribution in [0.2, 0.25) is 0 Å². The van der Waals surface area contributed by atoms with Gasteiger partial charge < -0.3 is 9.92 Å². The van der Waals surface area contributed by atoms with E-state index >= 15 is 8.78 Å². The summed E-state index contributed by atoms with van der Waals surface area (Å²) in [6.07, 6.45) is 2.98. The van der Waals surface area contributed by atoms with Gasteiger partial charge in [-0.15, -0.1) is 0 Å². The fraction of sp³-hybridized carbons (Fsp3) is 0.0870. The summed E-state index contributed by atoms with van der Waals surface area (Å²) in [4.78, 5) is 13.8. The van der Waals surface area contributed by atoms with E-state index in [-0.39, 0.29) is 5.69 Å². The molecule has 35 heavy (non-hydrogen) atoms. The molecule has 0 unspecified atom stereocenters. The van der Waals surface area contributed by atoms with Gasteiger partial charge in [-0.2, -0.15) is 13.5 Å². The van der Waals surface area contributed by atoms with E-state index in [1.807, 2.05) is 0 Å². The number of carbonyl (C=O) groups is 1. The van der Waals surface area contributed by atoms with Crippen LogP contribution in [0.25, 0.3) is 33.5 Å². The van der Waals surface area contributed by atoms with Crippen molar-refractivity contribution < 1.29 is 30.6 Å². The number of nitrogens with zero attached hydrogens (tertiary/aromatic N) is 3. The first-order valence-corrected chi connectivity index (χ1v) is 11.5. The zero-order valence-corrected chi connectivity index (χ0v) is 18.9. The lowest BCUT2D eigenvalue weighted by atomic mass is 9.96. The van der Waals surface area contributed by atoms with E-state index in [2.05, 4.69) is 14.3 Å². The van der Waals surface area contributed by atoms with Crippen LogP contribution in [0.4, 0.5) is 18.0 Å². The number of benzene rings is 2. The topological polar surface area (TPSA) is 117 Å².